The summed E-state index contributed by atoms with van der Waals surface area (Å²) < 4.78 is 13.4. The smallest absolute Gasteiger partial charge is 0.251 e. The van der Waals surface area contributed by atoms with E-state index in [1.54, 1.807) is 7.11 Å². The van der Waals surface area contributed by atoms with Gasteiger partial charge in [0.25, 0.3) is 5.91 Å². The van der Waals surface area contributed by atoms with Crippen LogP contribution in [0.3, 0.4) is 0 Å². The summed E-state index contributed by atoms with van der Waals surface area (Å²) in [6, 6.07) is 23.7. The van der Waals surface area contributed by atoms with Crippen LogP contribution in [-0.2, 0) is 13.0 Å². The predicted octanol–water partition coefficient (Wildman–Crippen LogP) is 5.97. The third-order valence-corrected chi connectivity index (χ3v) is 6.23. The van der Waals surface area contributed by atoms with Crippen molar-refractivity contribution in [2.24, 2.45) is 0 Å². The fourth-order valence-electron chi connectivity index (χ4n) is 4.33. The molecule has 1 aromatic heterocycles. The van der Waals surface area contributed by atoms with Crippen molar-refractivity contribution in [2.75, 3.05) is 20.3 Å². The molecule has 0 aliphatic rings. The second-order valence-corrected chi connectivity index (χ2v) is 8.98. The Kier molecular flexibility index (Phi) is 8.98. The highest BCUT2D eigenvalue weighted by molar-refractivity contribution is 5.94. The van der Waals surface area contributed by atoms with Crippen LogP contribution in [0.25, 0.3) is 11.0 Å². The number of carbonyl (C=O) groups is 1. The number of fused-ring (bicyclic) bond motifs is 1. The van der Waals surface area contributed by atoms with Gasteiger partial charge in [0.15, 0.2) is 0 Å². The summed E-state index contributed by atoms with van der Waals surface area (Å²) in [6.45, 7) is 4.18. The predicted molar refractivity (Wildman–Crippen MR) is 144 cm³/mol. The molecule has 0 atom stereocenters. The third-order valence-electron chi connectivity index (χ3n) is 6.23. The van der Waals surface area contributed by atoms with E-state index in [1.165, 1.54) is 5.52 Å². The molecular formula is C30H35N3O3. The Morgan fingerprint density at radius 1 is 0.917 bits per heavy atom. The fourth-order valence-corrected chi connectivity index (χ4v) is 4.33. The lowest BCUT2D eigenvalue weighted by Gasteiger charge is -2.11. The summed E-state index contributed by atoms with van der Waals surface area (Å²) in [5.74, 6) is 2.79. The Labute approximate surface area is 213 Å². The van der Waals surface area contributed by atoms with Crippen LogP contribution >= 0.6 is 0 Å². The van der Waals surface area contributed by atoms with E-state index in [0.717, 1.165) is 72.6 Å². The number of methoxy groups -OCH3 is 1. The van der Waals surface area contributed by atoms with E-state index in [9.17, 15) is 4.79 Å². The molecule has 1 amide bonds. The van der Waals surface area contributed by atoms with Gasteiger partial charge in [-0.05, 0) is 74.7 Å². The molecule has 0 aliphatic carbocycles. The number of hydrogen-bond donors (Lipinski definition) is 1. The van der Waals surface area contributed by atoms with Gasteiger partial charge in [-0.25, -0.2) is 4.98 Å². The van der Waals surface area contributed by atoms with Crippen molar-refractivity contribution in [3.63, 3.8) is 0 Å². The molecule has 4 rings (SSSR count). The van der Waals surface area contributed by atoms with Crippen molar-refractivity contribution >= 4 is 16.9 Å². The van der Waals surface area contributed by atoms with Crippen LogP contribution in [0.4, 0.5) is 0 Å². The highest BCUT2D eigenvalue weighted by Crippen LogP contribution is 2.20. The van der Waals surface area contributed by atoms with E-state index in [1.807, 2.05) is 61.5 Å². The first-order valence-corrected chi connectivity index (χ1v) is 12.7. The van der Waals surface area contributed by atoms with Crippen LogP contribution in [0, 0.1) is 6.92 Å². The molecule has 1 heterocycles. The number of ether oxygens (including phenoxy) is 2. The van der Waals surface area contributed by atoms with Crippen molar-refractivity contribution in [3.8, 4) is 11.5 Å². The Hall–Kier alpha value is -3.80. The van der Waals surface area contributed by atoms with Crippen molar-refractivity contribution in [3.05, 3.63) is 89.7 Å². The van der Waals surface area contributed by atoms with E-state index < -0.39 is 0 Å². The van der Waals surface area contributed by atoms with Crippen LogP contribution in [-0.4, -0.2) is 35.7 Å². The molecule has 0 aliphatic heterocycles. The Morgan fingerprint density at radius 3 is 2.53 bits per heavy atom. The summed E-state index contributed by atoms with van der Waals surface area (Å²) in [5, 5.41) is 3.03. The van der Waals surface area contributed by atoms with Gasteiger partial charge in [0.05, 0.1) is 24.8 Å². The maximum absolute atomic E-state index is 12.3. The highest BCUT2D eigenvalue weighted by Gasteiger charge is 2.10. The van der Waals surface area contributed by atoms with Crippen molar-refractivity contribution < 1.29 is 14.3 Å². The average Bonchev–Trinajstić information content (AvgIpc) is 3.26. The summed E-state index contributed by atoms with van der Waals surface area (Å²) in [6.07, 6.45) is 4.83. The topological polar surface area (TPSA) is 65.4 Å². The van der Waals surface area contributed by atoms with E-state index in [-0.39, 0.29) is 5.91 Å². The van der Waals surface area contributed by atoms with Gasteiger partial charge < -0.3 is 19.4 Å². The van der Waals surface area contributed by atoms with E-state index in [4.69, 9.17) is 14.5 Å². The zero-order valence-corrected chi connectivity index (χ0v) is 21.2. The molecule has 0 unspecified atom stereocenters. The number of rotatable bonds is 13. The van der Waals surface area contributed by atoms with Crippen molar-refractivity contribution in [2.45, 2.75) is 45.6 Å². The van der Waals surface area contributed by atoms with E-state index >= 15 is 0 Å². The molecule has 36 heavy (non-hydrogen) atoms. The monoisotopic (exact) mass is 485 g/mol. The quantitative estimate of drug-likeness (QED) is 0.237. The minimum Gasteiger partial charge on any atom is -0.497 e. The normalized spacial score (nSPS) is 10.9. The number of unbranched alkanes of at least 4 members (excludes halogenated alkanes) is 2. The largest absolute Gasteiger partial charge is 0.497 e. The minimum absolute atomic E-state index is 0.00245. The van der Waals surface area contributed by atoms with Gasteiger partial charge in [-0.15, -0.1) is 0 Å². The van der Waals surface area contributed by atoms with Gasteiger partial charge in [0.2, 0.25) is 0 Å². The third kappa shape index (κ3) is 6.87. The van der Waals surface area contributed by atoms with Gasteiger partial charge in [0.1, 0.15) is 17.3 Å². The molecule has 4 aromatic rings. The van der Waals surface area contributed by atoms with Crippen molar-refractivity contribution in [1.82, 2.24) is 14.9 Å². The Morgan fingerprint density at radius 2 is 1.72 bits per heavy atom. The molecule has 0 radical (unpaired) electrons. The molecule has 0 saturated carbocycles. The average molecular weight is 486 g/mol. The molecule has 0 saturated heterocycles. The zero-order chi connectivity index (χ0) is 25.2. The molecule has 6 heteroatoms. The van der Waals surface area contributed by atoms with E-state index in [2.05, 4.69) is 28.1 Å². The first-order valence-electron chi connectivity index (χ1n) is 12.7. The zero-order valence-electron chi connectivity index (χ0n) is 21.2. The maximum Gasteiger partial charge on any atom is 0.251 e. The fraction of sp³-hybridized carbons (Fsp3) is 0.333. The second kappa shape index (κ2) is 12.8. The molecular weight excluding hydrogens is 450 g/mol. The molecule has 0 spiro atoms. The number of aryl methyl sites for hydroxylation is 3. The second-order valence-electron chi connectivity index (χ2n) is 8.98. The lowest BCUT2D eigenvalue weighted by Crippen LogP contribution is -2.24. The lowest BCUT2D eigenvalue weighted by atomic mass is 10.1. The SMILES string of the molecule is COc1ccc(OCCCn2c(CCCCCNC(=O)c3cccc(C)c3)nc3ccccc32)cc1. The number of benzene rings is 3. The standard InChI is InChI=1S/C30H35N3O3/c1-23-10-8-11-24(22-23)30(34)31-19-7-3-4-14-29-32-27-12-5-6-13-28(27)33(29)20-9-21-36-26-17-15-25(35-2)16-18-26/h5-6,8,10-13,15-18,22H,3-4,7,9,14,19-21H2,1-2H3,(H,31,34). The van der Waals surface area contributed by atoms with E-state index in [0.29, 0.717) is 13.2 Å². The van der Waals surface area contributed by atoms with Crippen LogP contribution < -0.4 is 14.8 Å². The molecule has 0 bridgehead atoms. The minimum atomic E-state index is -0.00245. The van der Waals surface area contributed by atoms with Crippen molar-refractivity contribution in [1.29, 1.82) is 0 Å². The molecule has 6 nitrogen and oxygen atoms in total. The highest BCUT2D eigenvalue weighted by atomic mass is 16.5. The molecule has 188 valence electrons. The van der Waals surface area contributed by atoms with Gasteiger partial charge in [0, 0.05) is 25.1 Å². The molecule has 0 fully saturated rings. The van der Waals surface area contributed by atoms with Gasteiger partial charge in [-0.3, -0.25) is 4.79 Å². The number of imidazole rings is 1. The first kappa shape index (κ1) is 25.3. The maximum atomic E-state index is 12.3. The summed E-state index contributed by atoms with van der Waals surface area (Å²) >= 11 is 0. The number of amides is 1. The number of aromatic nitrogens is 2. The van der Waals surface area contributed by atoms with Crippen LogP contribution in [0.1, 0.15) is 47.4 Å². The number of hydrogen-bond acceptors (Lipinski definition) is 4. The number of para-hydroxylation sites is 2. The Balaban J connectivity index is 1.24. The molecule has 1 N–H and O–H groups in total. The first-order chi connectivity index (χ1) is 17.6. The van der Waals surface area contributed by atoms with Gasteiger partial charge in [-0.1, -0.05) is 36.2 Å². The summed E-state index contributed by atoms with van der Waals surface area (Å²) in [7, 11) is 1.66. The van der Waals surface area contributed by atoms with Crippen LogP contribution in [0.2, 0.25) is 0 Å². The number of nitrogens with zero attached hydrogens (tertiary/aromatic N) is 2. The Bertz CT molecular complexity index is 1260. The van der Waals surface area contributed by atoms with Gasteiger partial charge >= 0.3 is 0 Å². The number of carbonyl (C=O) groups excluding carboxylic acids is 1. The van der Waals surface area contributed by atoms with Gasteiger partial charge in [-0.2, -0.15) is 0 Å². The molecule has 3 aromatic carbocycles. The summed E-state index contributed by atoms with van der Waals surface area (Å²) in [5.41, 5.74) is 4.02. The lowest BCUT2D eigenvalue weighted by molar-refractivity contribution is 0.0953. The number of nitrogens with one attached hydrogen (secondary N) is 1. The van der Waals surface area contributed by atoms with Crippen LogP contribution in [0.5, 0.6) is 11.5 Å². The summed E-state index contributed by atoms with van der Waals surface area (Å²) in [4.78, 5) is 17.2. The van der Waals surface area contributed by atoms with Crippen LogP contribution in [0.15, 0.2) is 72.8 Å².